The van der Waals surface area contributed by atoms with Crippen LogP contribution in [0.25, 0.3) is 0 Å². The molecule has 84 valence electrons. The lowest BCUT2D eigenvalue weighted by Crippen LogP contribution is -2.47. The van der Waals surface area contributed by atoms with Crippen LogP contribution in [0.3, 0.4) is 0 Å². The molecule has 15 heavy (non-hydrogen) atoms. The molecule has 0 aliphatic heterocycles. The molecule has 1 aliphatic carbocycles. The summed E-state index contributed by atoms with van der Waals surface area (Å²) in [7, 11) is 0. The Morgan fingerprint density at radius 3 is 2.87 bits per heavy atom. The van der Waals surface area contributed by atoms with Gasteiger partial charge in [0.25, 0.3) is 0 Å². The Hall–Kier alpha value is -1.12. The number of carbonyl (C=O) groups excluding carboxylic acids is 2. The van der Waals surface area contributed by atoms with E-state index in [-0.39, 0.29) is 23.1 Å². The second kappa shape index (κ2) is 4.60. The van der Waals surface area contributed by atoms with Gasteiger partial charge < -0.3 is 5.32 Å². The summed E-state index contributed by atoms with van der Waals surface area (Å²) in [5.74, 6) is 0.134. The van der Waals surface area contributed by atoms with Gasteiger partial charge in [-0.1, -0.05) is 26.8 Å². The summed E-state index contributed by atoms with van der Waals surface area (Å²) < 4.78 is 0. The molecule has 1 rings (SSSR count). The molecule has 0 radical (unpaired) electrons. The molecular formula is C12H19NO2. The fourth-order valence-corrected chi connectivity index (χ4v) is 1.69. The third-order valence-corrected chi connectivity index (χ3v) is 2.81. The third kappa shape index (κ3) is 3.18. The van der Waals surface area contributed by atoms with E-state index < -0.39 is 0 Å². The maximum Gasteiger partial charge on any atom is 0.220 e. The van der Waals surface area contributed by atoms with Crippen LogP contribution in [0, 0.1) is 5.41 Å². The van der Waals surface area contributed by atoms with E-state index in [9.17, 15) is 9.59 Å². The number of allylic oxidation sites excluding steroid dienone is 1. The molecule has 1 amide bonds. The average Bonchev–Trinajstić information content (AvgIpc) is 2.12. The highest BCUT2D eigenvalue weighted by Gasteiger charge is 2.32. The van der Waals surface area contributed by atoms with Crippen molar-refractivity contribution in [3.05, 3.63) is 12.2 Å². The molecule has 0 aromatic heterocycles. The Kier molecular flexibility index (Phi) is 3.66. The topological polar surface area (TPSA) is 46.2 Å². The minimum atomic E-state index is -0.128. The Morgan fingerprint density at radius 2 is 2.27 bits per heavy atom. The number of nitrogens with one attached hydrogen (secondary N) is 1. The van der Waals surface area contributed by atoms with Crippen LogP contribution in [0.4, 0.5) is 0 Å². The zero-order valence-corrected chi connectivity index (χ0v) is 9.67. The maximum absolute atomic E-state index is 11.5. The molecule has 0 spiro atoms. The fraction of sp³-hybridized carbons (Fsp3) is 0.667. The van der Waals surface area contributed by atoms with Crippen molar-refractivity contribution >= 4 is 11.7 Å². The summed E-state index contributed by atoms with van der Waals surface area (Å²) in [5, 5.41) is 2.93. The molecule has 1 unspecified atom stereocenters. The van der Waals surface area contributed by atoms with E-state index in [1.54, 1.807) is 6.08 Å². The van der Waals surface area contributed by atoms with Crippen molar-refractivity contribution in [1.29, 1.82) is 0 Å². The van der Waals surface area contributed by atoms with Gasteiger partial charge in [0.2, 0.25) is 5.91 Å². The predicted molar refractivity (Wildman–Crippen MR) is 59.4 cm³/mol. The SMILES string of the molecule is CCCC(=O)NC1CC(=O)C=CC1(C)C. The number of amides is 1. The average molecular weight is 209 g/mol. The molecule has 0 heterocycles. The first-order valence-corrected chi connectivity index (χ1v) is 5.47. The van der Waals surface area contributed by atoms with Crippen molar-refractivity contribution in [3.8, 4) is 0 Å². The molecule has 1 N–H and O–H groups in total. The Labute approximate surface area is 90.9 Å². The van der Waals surface area contributed by atoms with Crippen molar-refractivity contribution < 1.29 is 9.59 Å². The Balaban J connectivity index is 2.64. The molecule has 0 bridgehead atoms. The molecule has 1 aliphatic rings. The maximum atomic E-state index is 11.5. The van der Waals surface area contributed by atoms with Crippen LogP contribution in [-0.2, 0) is 9.59 Å². The van der Waals surface area contributed by atoms with Gasteiger partial charge in [-0.15, -0.1) is 0 Å². The molecule has 0 aromatic rings. The first-order valence-electron chi connectivity index (χ1n) is 5.47. The first-order chi connectivity index (χ1) is 6.95. The monoisotopic (exact) mass is 209 g/mol. The summed E-state index contributed by atoms with van der Waals surface area (Å²) in [6, 6.07) is -0.0611. The van der Waals surface area contributed by atoms with Crippen molar-refractivity contribution in [2.45, 2.75) is 46.1 Å². The molecule has 3 nitrogen and oxygen atoms in total. The fourth-order valence-electron chi connectivity index (χ4n) is 1.69. The molecule has 0 saturated heterocycles. The lowest BCUT2D eigenvalue weighted by atomic mass is 9.77. The number of rotatable bonds is 3. The quantitative estimate of drug-likeness (QED) is 0.770. The van der Waals surface area contributed by atoms with Crippen molar-refractivity contribution in [2.75, 3.05) is 0 Å². The summed E-state index contributed by atoms with van der Waals surface area (Å²) in [6.45, 7) is 6.04. The Bertz CT molecular complexity index is 292. The minimum Gasteiger partial charge on any atom is -0.352 e. The van der Waals surface area contributed by atoms with Crippen molar-refractivity contribution in [2.24, 2.45) is 5.41 Å². The van der Waals surface area contributed by atoms with Crippen LogP contribution >= 0.6 is 0 Å². The van der Waals surface area contributed by atoms with E-state index in [1.165, 1.54) is 0 Å². The Morgan fingerprint density at radius 1 is 1.60 bits per heavy atom. The molecule has 1 atom stereocenters. The van der Waals surface area contributed by atoms with Gasteiger partial charge >= 0.3 is 0 Å². The predicted octanol–water partition coefficient (Wildman–Crippen LogP) is 1.83. The van der Waals surface area contributed by atoms with Gasteiger partial charge in [0, 0.05) is 24.3 Å². The highest BCUT2D eigenvalue weighted by atomic mass is 16.2. The zero-order valence-electron chi connectivity index (χ0n) is 9.67. The van der Waals surface area contributed by atoms with Crippen LogP contribution in [-0.4, -0.2) is 17.7 Å². The van der Waals surface area contributed by atoms with Crippen LogP contribution < -0.4 is 5.32 Å². The largest absolute Gasteiger partial charge is 0.352 e. The van der Waals surface area contributed by atoms with Crippen molar-refractivity contribution in [3.63, 3.8) is 0 Å². The van der Waals surface area contributed by atoms with E-state index >= 15 is 0 Å². The molecule has 0 aromatic carbocycles. The van der Waals surface area contributed by atoms with E-state index in [4.69, 9.17) is 0 Å². The lowest BCUT2D eigenvalue weighted by Gasteiger charge is -2.34. The summed E-state index contributed by atoms with van der Waals surface area (Å²) >= 11 is 0. The molecule has 0 saturated carbocycles. The van der Waals surface area contributed by atoms with Crippen LogP contribution in [0.1, 0.15) is 40.0 Å². The van der Waals surface area contributed by atoms with Crippen LogP contribution in [0.5, 0.6) is 0 Å². The second-order valence-corrected chi connectivity index (χ2v) is 4.70. The van der Waals surface area contributed by atoms with Crippen LogP contribution in [0.2, 0.25) is 0 Å². The highest BCUT2D eigenvalue weighted by Crippen LogP contribution is 2.28. The van der Waals surface area contributed by atoms with Gasteiger partial charge in [0.05, 0.1) is 0 Å². The van der Waals surface area contributed by atoms with Gasteiger partial charge in [-0.05, 0) is 12.5 Å². The van der Waals surface area contributed by atoms with Gasteiger partial charge in [-0.3, -0.25) is 9.59 Å². The van der Waals surface area contributed by atoms with Gasteiger partial charge in [0.15, 0.2) is 5.78 Å². The first kappa shape index (κ1) is 12.0. The van der Waals surface area contributed by atoms with Crippen LogP contribution in [0.15, 0.2) is 12.2 Å². The normalized spacial score (nSPS) is 23.9. The van der Waals surface area contributed by atoms with Crippen molar-refractivity contribution in [1.82, 2.24) is 5.32 Å². The number of ketones is 1. The number of carbonyl (C=O) groups is 2. The van der Waals surface area contributed by atoms with Gasteiger partial charge in [-0.25, -0.2) is 0 Å². The highest BCUT2D eigenvalue weighted by molar-refractivity contribution is 5.92. The van der Waals surface area contributed by atoms with E-state index in [2.05, 4.69) is 5.32 Å². The summed E-state index contributed by atoms with van der Waals surface area (Å²) in [6.07, 6.45) is 5.28. The number of hydrogen-bond donors (Lipinski definition) is 1. The standard InChI is InChI=1S/C12H19NO2/c1-4-5-11(15)13-10-8-9(14)6-7-12(10,2)3/h6-7,10H,4-5,8H2,1-3H3,(H,13,15). The zero-order chi connectivity index (χ0) is 11.5. The van der Waals surface area contributed by atoms with Gasteiger partial charge in [-0.2, -0.15) is 0 Å². The molecule has 0 fully saturated rings. The van der Waals surface area contributed by atoms with E-state index in [0.717, 1.165) is 6.42 Å². The summed E-state index contributed by atoms with van der Waals surface area (Å²) in [5.41, 5.74) is -0.128. The minimum absolute atomic E-state index is 0.0404. The second-order valence-electron chi connectivity index (χ2n) is 4.70. The number of hydrogen-bond acceptors (Lipinski definition) is 2. The van der Waals surface area contributed by atoms with Gasteiger partial charge in [0.1, 0.15) is 0 Å². The smallest absolute Gasteiger partial charge is 0.220 e. The molecule has 3 heteroatoms. The van der Waals surface area contributed by atoms with E-state index in [1.807, 2.05) is 26.8 Å². The third-order valence-electron chi connectivity index (χ3n) is 2.81. The molecular weight excluding hydrogens is 190 g/mol. The summed E-state index contributed by atoms with van der Waals surface area (Å²) in [4.78, 5) is 22.7. The lowest BCUT2D eigenvalue weighted by molar-refractivity contribution is -0.123. The van der Waals surface area contributed by atoms with E-state index in [0.29, 0.717) is 12.8 Å².